The van der Waals surface area contributed by atoms with Gasteiger partial charge in [-0.2, -0.15) is 0 Å². The van der Waals surface area contributed by atoms with Crippen molar-refractivity contribution in [3.8, 4) is 0 Å². The molecule has 0 amide bonds. The van der Waals surface area contributed by atoms with E-state index in [2.05, 4.69) is 53.0 Å². The molecule has 0 spiro atoms. The zero-order valence-corrected chi connectivity index (χ0v) is 19.1. The van der Waals surface area contributed by atoms with E-state index in [-0.39, 0.29) is 0 Å². The first kappa shape index (κ1) is 23.4. The third-order valence-electron chi connectivity index (χ3n) is 6.30. The lowest BCUT2D eigenvalue weighted by molar-refractivity contribution is 0.125. The Balaban J connectivity index is 1.70. The van der Waals surface area contributed by atoms with Crippen molar-refractivity contribution in [2.24, 2.45) is 10.9 Å². The molecule has 2 saturated heterocycles. The van der Waals surface area contributed by atoms with Crippen LogP contribution in [0.4, 0.5) is 0 Å². The number of hydrogen-bond donors (Lipinski definition) is 2. The van der Waals surface area contributed by atoms with Gasteiger partial charge in [-0.3, -0.25) is 9.89 Å². The molecule has 0 aromatic carbocycles. The zero-order chi connectivity index (χ0) is 20.2. The first-order chi connectivity index (χ1) is 13.7. The SMILES string of the molecule is CCNC(=NCC(C)CN1CCN(CC)CC1)NCCN1CCCCC1CC. The van der Waals surface area contributed by atoms with Crippen LogP contribution in [0.15, 0.2) is 4.99 Å². The van der Waals surface area contributed by atoms with Crippen LogP contribution in [0, 0.1) is 5.92 Å². The van der Waals surface area contributed by atoms with E-state index in [1.807, 2.05) is 0 Å². The number of guanidine groups is 1. The van der Waals surface area contributed by atoms with Crippen molar-refractivity contribution in [3.63, 3.8) is 0 Å². The maximum Gasteiger partial charge on any atom is 0.191 e. The van der Waals surface area contributed by atoms with Crippen LogP contribution >= 0.6 is 0 Å². The molecule has 0 radical (unpaired) electrons. The summed E-state index contributed by atoms with van der Waals surface area (Å²) in [6.45, 7) is 21.4. The number of likely N-dealkylation sites (tertiary alicyclic amines) is 1. The number of hydrogen-bond acceptors (Lipinski definition) is 4. The second kappa shape index (κ2) is 13.4. The second-order valence-electron chi connectivity index (χ2n) is 8.58. The zero-order valence-electron chi connectivity index (χ0n) is 19.1. The van der Waals surface area contributed by atoms with Crippen molar-refractivity contribution in [2.45, 2.75) is 59.4 Å². The Hall–Kier alpha value is -0.850. The first-order valence-electron chi connectivity index (χ1n) is 11.9. The third-order valence-corrected chi connectivity index (χ3v) is 6.30. The second-order valence-corrected chi connectivity index (χ2v) is 8.58. The fraction of sp³-hybridized carbons (Fsp3) is 0.955. The van der Waals surface area contributed by atoms with Gasteiger partial charge in [0, 0.05) is 64.9 Å². The fourth-order valence-corrected chi connectivity index (χ4v) is 4.51. The van der Waals surface area contributed by atoms with Crippen LogP contribution in [-0.2, 0) is 0 Å². The van der Waals surface area contributed by atoms with E-state index in [0.717, 1.165) is 44.7 Å². The van der Waals surface area contributed by atoms with E-state index in [4.69, 9.17) is 4.99 Å². The van der Waals surface area contributed by atoms with Gasteiger partial charge < -0.3 is 20.4 Å². The largest absolute Gasteiger partial charge is 0.357 e. The van der Waals surface area contributed by atoms with E-state index >= 15 is 0 Å². The molecular weight excluding hydrogens is 348 g/mol. The van der Waals surface area contributed by atoms with Crippen molar-refractivity contribution in [3.05, 3.63) is 0 Å². The van der Waals surface area contributed by atoms with Gasteiger partial charge in [0.25, 0.3) is 0 Å². The van der Waals surface area contributed by atoms with Gasteiger partial charge in [0.2, 0.25) is 0 Å². The molecule has 2 aliphatic rings. The van der Waals surface area contributed by atoms with Crippen LogP contribution in [0.2, 0.25) is 0 Å². The lowest BCUT2D eigenvalue weighted by atomic mass is 10.0. The Kier molecular flexibility index (Phi) is 11.2. The molecule has 28 heavy (non-hydrogen) atoms. The molecule has 2 heterocycles. The van der Waals surface area contributed by atoms with Crippen LogP contribution in [0.5, 0.6) is 0 Å². The number of aliphatic imine (C=N–C) groups is 1. The molecular formula is C22H46N6. The third kappa shape index (κ3) is 8.26. The molecule has 6 heteroatoms. The molecule has 2 atom stereocenters. The van der Waals surface area contributed by atoms with Crippen LogP contribution in [-0.4, -0.2) is 98.7 Å². The summed E-state index contributed by atoms with van der Waals surface area (Å²) in [5, 5.41) is 6.98. The molecule has 0 bridgehead atoms. The fourth-order valence-electron chi connectivity index (χ4n) is 4.51. The minimum atomic E-state index is 0.593. The van der Waals surface area contributed by atoms with E-state index < -0.39 is 0 Å². The summed E-state index contributed by atoms with van der Waals surface area (Å²) in [6.07, 6.45) is 5.40. The normalized spacial score (nSPS) is 24.3. The Morgan fingerprint density at radius 1 is 1.00 bits per heavy atom. The maximum absolute atomic E-state index is 4.87. The Morgan fingerprint density at radius 2 is 1.75 bits per heavy atom. The highest BCUT2D eigenvalue weighted by Gasteiger charge is 2.20. The van der Waals surface area contributed by atoms with E-state index in [0.29, 0.717) is 5.92 Å². The van der Waals surface area contributed by atoms with E-state index in [9.17, 15) is 0 Å². The number of rotatable bonds is 10. The highest BCUT2D eigenvalue weighted by molar-refractivity contribution is 5.79. The Labute approximate surface area is 174 Å². The molecule has 2 N–H and O–H groups in total. The molecule has 6 nitrogen and oxygen atoms in total. The van der Waals surface area contributed by atoms with Crippen LogP contribution in [0.25, 0.3) is 0 Å². The van der Waals surface area contributed by atoms with E-state index in [1.165, 1.54) is 65.0 Å². The molecule has 0 aromatic heterocycles. The standard InChI is InChI=1S/C22H46N6/c1-5-21-10-8-9-12-28(21)13-11-24-22(23-6-2)25-18-20(4)19-27-16-14-26(7-3)15-17-27/h20-21H,5-19H2,1-4H3,(H2,23,24,25). The summed E-state index contributed by atoms with van der Waals surface area (Å²) in [7, 11) is 0. The highest BCUT2D eigenvalue weighted by atomic mass is 15.3. The van der Waals surface area contributed by atoms with Gasteiger partial charge >= 0.3 is 0 Å². The topological polar surface area (TPSA) is 46.1 Å². The Bertz CT molecular complexity index is 433. The van der Waals surface area contributed by atoms with Crippen molar-refractivity contribution >= 4 is 5.96 Å². The van der Waals surface area contributed by atoms with Crippen LogP contribution < -0.4 is 10.6 Å². The first-order valence-corrected chi connectivity index (χ1v) is 11.9. The van der Waals surface area contributed by atoms with Crippen molar-refractivity contribution < 1.29 is 0 Å². The summed E-state index contributed by atoms with van der Waals surface area (Å²) in [5.74, 6) is 1.57. The summed E-state index contributed by atoms with van der Waals surface area (Å²) >= 11 is 0. The summed E-state index contributed by atoms with van der Waals surface area (Å²) < 4.78 is 0. The van der Waals surface area contributed by atoms with Gasteiger partial charge in [-0.15, -0.1) is 0 Å². The number of nitrogens with zero attached hydrogens (tertiary/aromatic N) is 4. The minimum absolute atomic E-state index is 0.593. The lowest BCUT2D eigenvalue weighted by Gasteiger charge is -2.35. The molecule has 2 aliphatic heterocycles. The van der Waals surface area contributed by atoms with Gasteiger partial charge in [-0.1, -0.05) is 27.2 Å². The maximum atomic E-state index is 4.87. The molecule has 2 rings (SSSR count). The summed E-state index contributed by atoms with van der Waals surface area (Å²) in [4.78, 5) is 12.7. The molecule has 164 valence electrons. The average molecular weight is 395 g/mol. The number of likely N-dealkylation sites (N-methyl/N-ethyl adjacent to an activating group) is 1. The summed E-state index contributed by atoms with van der Waals surface area (Å²) in [6, 6.07) is 0.781. The van der Waals surface area contributed by atoms with Gasteiger partial charge in [0.05, 0.1) is 0 Å². The number of nitrogens with one attached hydrogen (secondary N) is 2. The predicted molar refractivity (Wildman–Crippen MR) is 121 cm³/mol. The molecule has 0 aromatic rings. The lowest BCUT2D eigenvalue weighted by Crippen LogP contribution is -2.47. The molecule has 0 saturated carbocycles. The minimum Gasteiger partial charge on any atom is -0.357 e. The quantitative estimate of drug-likeness (QED) is 0.439. The summed E-state index contributed by atoms with van der Waals surface area (Å²) in [5.41, 5.74) is 0. The predicted octanol–water partition coefficient (Wildman–Crippen LogP) is 2.08. The monoisotopic (exact) mass is 394 g/mol. The highest BCUT2D eigenvalue weighted by Crippen LogP contribution is 2.18. The van der Waals surface area contributed by atoms with Gasteiger partial charge in [0.15, 0.2) is 5.96 Å². The van der Waals surface area contributed by atoms with Crippen molar-refractivity contribution in [1.82, 2.24) is 25.3 Å². The Morgan fingerprint density at radius 3 is 2.43 bits per heavy atom. The van der Waals surface area contributed by atoms with Crippen LogP contribution in [0.1, 0.15) is 53.4 Å². The van der Waals surface area contributed by atoms with Gasteiger partial charge in [-0.05, 0) is 45.2 Å². The number of piperazine rings is 1. The molecule has 2 fully saturated rings. The average Bonchev–Trinajstić information content (AvgIpc) is 2.73. The van der Waals surface area contributed by atoms with E-state index in [1.54, 1.807) is 0 Å². The smallest absolute Gasteiger partial charge is 0.191 e. The molecule has 0 aliphatic carbocycles. The number of piperidine rings is 1. The van der Waals surface area contributed by atoms with Gasteiger partial charge in [0.1, 0.15) is 0 Å². The molecule has 2 unspecified atom stereocenters. The van der Waals surface area contributed by atoms with Crippen LogP contribution in [0.3, 0.4) is 0 Å². The van der Waals surface area contributed by atoms with Gasteiger partial charge in [-0.25, -0.2) is 0 Å². The van der Waals surface area contributed by atoms with Crippen molar-refractivity contribution in [1.29, 1.82) is 0 Å². The van der Waals surface area contributed by atoms with Crippen molar-refractivity contribution in [2.75, 3.05) is 72.0 Å².